The molecule has 2 aromatic rings. The minimum absolute atomic E-state index is 0.0466. The van der Waals surface area contributed by atoms with Crippen molar-refractivity contribution >= 4 is 11.6 Å². The predicted octanol–water partition coefficient (Wildman–Crippen LogP) is 3.58. The monoisotopic (exact) mass is 337 g/mol. The molecule has 0 spiro atoms. The van der Waals surface area contributed by atoms with Gasteiger partial charge in [0.2, 0.25) is 0 Å². The molecule has 0 saturated carbocycles. The van der Waals surface area contributed by atoms with Crippen molar-refractivity contribution in [1.29, 1.82) is 5.26 Å². The second-order valence-corrected chi connectivity index (χ2v) is 5.60. The van der Waals surface area contributed by atoms with Crippen LogP contribution in [0, 0.1) is 11.3 Å². The number of carbonyl (C=O) groups is 1. The van der Waals surface area contributed by atoms with Crippen LogP contribution >= 0.6 is 0 Å². The number of ether oxygens (including phenoxy) is 1. The zero-order valence-corrected chi connectivity index (χ0v) is 14.4. The Balaban J connectivity index is 1.72. The third-order valence-corrected chi connectivity index (χ3v) is 3.56. The second kappa shape index (κ2) is 9.99. The van der Waals surface area contributed by atoms with Gasteiger partial charge in [0.15, 0.2) is 0 Å². The lowest BCUT2D eigenvalue weighted by atomic mass is 10.2. The normalized spacial score (nSPS) is 9.92. The molecular formula is C20H23N3O2. The lowest BCUT2D eigenvalue weighted by molar-refractivity contribution is 0.0953. The maximum atomic E-state index is 12.0. The van der Waals surface area contributed by atoms with E-state index in [1.165, 1.54) is 0 Å². The Kier molecular flexibility index (Phi) is 7.33. The largest absolute Gasteiger partial charge is 0.494 e. The van der Waals surface area contributed by atoms with E-state index >= 15 is 0 Å². The van der Waals surface area contributed by atoms with Crippen LogP contribution < -0.4 is 15.4 Å². The number of rotatable bonds is 9. The number of nitrogens with one attached hydrogen (secondary N) is 2. The molecule has 2 N–H and O–H groups in total. The van der Waals surface area contributed by atoms with E-state index < -0.39 is 0 Å². The molecule has 0 fully saturated rings. The summed E-state index contributed by atoms with van der Waals surface area (Å²) in [6.07, 6.45) is 1.75. The van der Waals surface area contributed by atoms with Gasteiger partial charge in [0.1, 0.15) is 5.75 Å². The predicted molar refractivity (Wildman–Crippen MR) is 98.8 cm³/mol. The van der Waals surface area contributed by atoms with Gasteiger partial charge in [0, 0.05) is 24.3 Å². The van der Waals surface area contributed by atoms with Crippen LogP contribution in [0.4, 0.5) is 5.69 Å². The van der Waals surface area contributed by atoms with Crippen molar-refractivity contribution < 1.29 is 9.53 Å². The topological polar surface area (TPSA) is 74.2 Å². The molecule has 0 radical (unpaired) electrons. The molecule has 0 saturated heterocycles. The Labute approximate surface area is 148 Å². The number of amides is 1. The third-order valence-electron chi connectivity index (χ3n) is 3.56. The SMILES string of the molecule is CCCNC(=O)c1cccc(NCCCOc2ccc(C#N)cc2)c1. The van der Waals surface area contributed by atoms with Gasteiger partial charge in [0.25, 0.3) is 5.91 Å². The highest BCUT2D eigenvalue weighted by molar-refractivity contribution is 5.95. The number of nitrogens with zero attached hydrogens (tertiary/aromatic N) is 1. The van der Waals surface area contributed by atoms with Crippen LogP contribution in [-0.4, -0.2) is 25.6 Å². The number of anilines is 1. The molecule has 0 aliphatic carbocycles. The smallest absolute Gasteiger partial charge is 0.251 e. The van der Waals surface area contributed by atoms with Gasteiger partial charge < -0.3 is 15.4 Å². The maximum Gasteiger partial charge on any atom is 0.251 e. The Morgan fingerprint density at radius 2 is 1.96 bits per heavy atom. The average molecular weight is 337 g/mol. The van der Waals surface area contributed by atoms with E-state index in [1.54, 1.807) is 24.3 Å². The molecule has 130 valence electrons. The van der Waals surface area contributed by atoms with Crippen LogP contribution in [0.5, 0.6) is 5.75 Å². The first-order valence-corrected chi connectivity index (χ1v) is 8.48. The molecule has 5 heteroatoms. The third kappa shape index (κ3) is 6.19. The summed E-state index contributed by atoms with van der Waals surface area (Å²) in [6, 6.07) is 16.6. The molecule has 2 aromatic carbocycles. The number of nitriles is 1. The molecule has 1 amide bonds. The highest BCUT2D eigenvalue weighted by Crippen LogP contribution is 2.13. The van der Waals surface area contributed by atoms with Crippen molar-refractivity contribution in [2.24, 2.45) is 0 Å². The Morgan fingerprint density at radius 1 is 1.16 bits per heavy atom. The first-order valence-electron chi connectivity index (χ1n) is 8.48. The maximum absolute atomic E-state index is 12.0. The van der Waals surface area contributed by atoms with Gasteiger partial charge in [-0.2, -0.15) is 5.26 Å². The second-order valence-electron chi connectivity index (χ2n) is 5.60. The van der Waals surface area contributed by atoms with Crippen LogP contribution in [0.3, 0.4) is 0 Å². The highest BCUT2D eigenvalue weighted by Gasteiger charge is 2.04. The molecule has 0 unspecified atom stereocenters. The molecule has 25 heavy (non-hydrogen) atoms. The van der Waals surface area contributed by atoms with Crippen LogP contribution in [0.15, 0.2) is 48.5 Å². The van der Waals surface area contributed by atoms with Crippen molar-refractivity contribution in [3.05, 3.63) is 59.7 Å². The molecule has 0 aromatic heterocycles. The Bertz CT molecular complexity index is 720. The standard InChI is InChI=1S/C20H23N3O2/c1-2-11-23-20(24)17-5-3-6-18(14-17)22-12-4-13-25-19-9-7-16(15-21)8-10-19/h3,5-10,14,22H,2,4,11-13H2,1H3,(H,23,24). The fourth-order valence-corrected chi connectivity index (χ4v) is 2.23. The molecule has 0 aliphatic rings. The van der Waals surface area contributed by atoms with Crippen LogP contribution in [0.1, 0.15) is 35.7 Å². The zero-order chi connectivity index (χ0) is 17.9. The summed E-state index contributed by atoms with van der Waals surface area (Å²) >= 11 is 0. The summed E-state index contributed by atoms with van der Waals surface area (Å²) in [4.78, 5) is 12.0. The number of benzene rings is 2. The molecule has 0 aliphatic heterocycles. The van der Waals surface area contributed by atoms with Crippen LogP contribution in [0.25, 0.3) is 0 Å². The van der Waals surface area contributed by atoms with E-state index in [0.29, 0.717) is 24.3 Å². The van der Waals surface area contributed by atoms with Crippen molar-refractivity contribution in [2.45, 2.75) is 19.8 Å². The van der Waals surface area contributed by atoms with Gasteiger partial charge in [0.05, 0.1) is 18.2 Å². The summed E-state index contributed by atoms with van der Waals surface area (Å²) in [5, 5.41) is 14.9. The van der Waals surface area contributed by atoms with Crippen molar-refractivity contribution in [3.63, 3.8) is 0 Å². The summed E-state index contributed by atoms with van der Waals surface area (Å²) in [6.45, 7) is 4.03. The summed E-state index contributed by atoms with van der Waals surface area (Å²) in [7, 11) is 0. The molecule has 0 bridgehead atoms. The fourth-order valence-electron chi connectivity index (χ4n) is 2.23. The van der Waals surface area contributed by atoms with Gasteiger partial charge >= 0.3 is 0 Å². The molecule has 0 atom stereocenters. The van der Waals surface area contributed by atoms with Crippen LogP contribution in [0.2, 0.25) is 0 Å². The first-order chi connectivity index (χ1) is 12.2. The van der Waals surface area contributed by atoms with Gasteiger partial charge in [-0.15, -0.1) is 0 Å². The van der Waals surface area contributed by atoms with E-state index in [2.05, 4.69) is 16.7 Å². The number of hydrogen-bond donors (Lipinski definition) is 2. The molecule has 0 heterocycles. The minimum atomic E-state index is -0.0466. The van der Waals surface area contributed by atoms with E-state index in [1.807, 2.05) is 31.2 Å². The molecule has 2 rings (SSSR count). The van der Waals surface area contributed by atoms with Crippen molar-refractivity contribution in [3.8, 4) is 11.8 Å². The Morgan fingerprint density at radius 3 is 2.68 bits per heavy atom. The van der Waals surface area contributed by atoms with Gasteiger partial charge in [-0.3, -0.25) is 4.79 Å². The van der Waals surface area contributed by atoms with E-state index in [0.717, 1.165) is 30.8 Å². The molecule has 5 nitrogen and oxygen atoms in total. The van der Waals surface area contributed by atoms with Crippen molar-refractivity contribution in [1.82, 2.24) is 5.32 Å². The lowest BCUT2D eigenvalue weighted by Gasteiger charge is -2.10. The minimum Gasteiger partial charge on any atom is -0.494 e. The van der Waals surface area contributed by atoms with E-state index in [-0.39, 0.29) is 5.91 Å². The first kappa shape index (κ1) is 18.3. The van der Waals surface area contributed by atoms with E-state index in [9.17, 15) is 4.79 Å². The summed E-state index contributed by atoms with van der Waals surface area (Å²) < 4.78 is 5.64. The number of hydrogen-bond acceptors (Lipinski definition) is 4. The number of carbonyl (C=O) groups excluding carboxylic acids is 1. The van der Waals surface area contributed by atoms with E-state index in [4.69, 9.17) is 10.00 Å². The summed E-state index contributed by atoms with van der Waals surface area (Å²) in [5.41, 5.74) is 2.20. The van der Waals surface area contributed by atoms with Crippen molar-refractivity contribution in [2.75, 3.05) is 25.0 Å². The zero-order valence-electron chi connectivity index (χ0n) is 14.4. The Hall–Kier alpha value is -3.00. The lowest BCUT2D eigenvalue weighted by Crippen LogP contribution is -2.24. The average Bonchev–Trinajstić information content (AvgIpc) is 2.66. The quantitative estimate of drug-likeness (QED) is 0.686. The van der Waals surface area contributed by atoms with Gasteiger partial charge in [-0.05, 0) is 55.3 Å². The molecular weight excluding hydrogens is 314 g/mol. The highest BCUT2D eigenvalue weighted by atomic mass is 16.5. The summed E-state index contributed by atoms with van der Waals surface area (Å²) in [5.74, 6) is 0.711. The van der Waals surface area contributed by atoms with Gasteiger partial charge in [-0.1, -0.05) is 13.0 Å². The van der Waals surface area contributed by atoms with Crippen LogP contribution in [-0.2, 0) is 0 Å². The fraction of sp³-hybridized carbons (Fsp3) is 0.300. The van der Waals surface area contributed by atoms with Gasteiger partial charge in [-0.25, -0.2) is 0 Å².